The number of likely N-dealkylation sites (N-methyl/N-ethyl adjacent to an activating group) is 1. The molecular formula is C63H93N7O11. The van der Waals surface area contributed by atoms with E-state index in [4.69, 9.17) is 24.6 Å². The van der Waals surface area contributed by atoms with Crippen LogP contribution in [-0.4, -0.2) is 149 Å². The molecule has 0 bridgehead atoms. The maximum absolute atomic E-state index is 14.0. The standard InChI is InChI=1S/C58H81N7O10.C2H6.C2H2.CH4O/c1-34(2)32-64-23-21-58(22-24-64)61-49-47-46(41(9)67)56(74-11)40(8)53(71)48(47)54(72)51(50(49)62-58)60-57(73)37(5)15-12-14-35(3)30-38(6)52(70)39(7)55(36(4)16-13-29-66)75-45(69)31-44(68)59-43-19-17-42(18-20-43)33-65-27-25-63(10)26-28-65;3*1-2/h12-15,17-20,29,34-36,38-39,52,55,66,70-72H,16,21-28,30-33H2,1-11H3,(H,59,68)(H,60,73);1-2H3;1-2H;2H,1H3/b14-12+,29-13+,37-15-;;;/t35-,36+,38+,39+,52+,55+;;;/m0.../s1. The maximum atomic E-state index is 14.0. The second-order valence-electron chi connectivity index (χ2n) is 21.8. The summed E-state index contributed by atoms with van der Waals surface area (Å²) in [6.07, 6.45) is 15.7. The van der Waals surface area contributed by atoms with Gasteiger partial charge in [0.05, 0.1) is 35.8 Å². The van der Waals surface area contributed by atoms with Crippen LogP contribution in [0.4, 0.5) is 11.4 Å². The van der Waals surface area contributed by atoms with Crippen LogP contribution in [0.3, 0.4) is 0 Å². The molecule has 446 valence electrons. The predicted octanol–water partition coefficient (Wildman–Crippen LogP) is 8.24. The van der Waals surface area contributed by atoms with E-state index in [1.54, 1.807) is 32.1 Å². The lowest BCUT2D eigenvalue weighted by Crippen LogP contribution is -2.43. The number of aliphatic hydroxyl groups excluding tert-OH is 3. The van der Waals surface area contributed by atoms with E-state index in [1.165, 1.54) is 14.0 Å². The number of aliphatic hydroxyl groups is 3. The number of amides is 2. The van der Waals surface area contributed by atoms with Crippen LogP contribution < -0.4 is 26.1 Å². The fraction of sp³-hybridized carbons (Fsp3) is 0.556. The van der Waals surface area contributed by atoms with E-state index in [-0.39, 0.29) is 68.0 Å². The Morgan fingerprint density at radius 2 is 1.44 bits per heavy atom. The number of phenolic OH excluding ortho intramolecular Hbond substituents is 2. The average molecular weight is 1120 g/mol. The Labute approximate surface area is 480 Å². The van der Waals surface area contributed by atoms with Crippen molar-refractivity contribution in [2.24, 2.45) is 39.6 Å². The van der Waals surface area contributed by atoms with Crippen molar-refractivity contribution in [3.63, 3.8) is 0 Å². The first kappa shape index (κ1) is 68.7. The number of methoxy groups -OCH3 is 1. The molecule has 3 aromatic carbocycles. The van der Waals surface area contributed by atoms with Crippen LogP contribution in [0.5, 0.6) is 17.2 Å². The highest BCUT2D eigenvalue weighted by Crippen LogP contribution is 2.45. The summed E-state index contributed by atoms with van der Waals surface area (Å²) < 4.78 is 11.6. The van der Waals surface area contributed by atoms with Crippen LogP contribution in [0.15, 0.2) is 70.4 Å². The highest BCUT2D eigenvalue weighted by atomic mass is 16.5. The number of aromatic hydroxyl groups is 2. The van der Waals surface area contributed by atoms with Crippen LogP contribution in [0.25, 0.3) is 10.8 Å². The Hall–Kier alpha value is -6.62. The Bertz CT molecular complexity index is 2830. The topological polar surface area (TPSA) is 246 Å². The summed E-state index contributed by atoms with van der Waals surface area (Å²) >= 11 is 0. The number of ether oxygens (including phenoxy) is 2. The zero-order valence-electron chi connectivity index (χ0n) is 50.5. The molecular weight excluding hydrogens is 1030 g/mol. The quantitative estimate of drug-likeness (QED) is 0.00732. The number of hydrogen-bond acceptors (Lipinski definition) is 16. The van der Waals surface area contributed by atoms with Gasteiger partial charge in [0.1, 0.15) is 35.1 Å². The van der Waals surface area contributed by atoms with Gasteiger partial charge in [0.2, 0.25) is 5.91 Å². The van der Waals surface area contributed by atoms with Gasteiger partial charge >= 0.3 is 5.97 Å². The molecule has 0 unspecified atom stereocenters. The van der Waals surface area contributed by atoms with Gasteiger partial charge in [0.25, 0.3) is 5.91 Å². The minimum Gasteiger partial charge on any atom is -0.516 e. The van der Waals surface area contributed by atoms with E-state index in [0.717, 1.165) is 71.3 Å². The number of hydrogen-bond donors (Lipinski definition) is 7. The fourth-order valence-corrected chi connectivity index (χ4v) is 10.8. The van der Waals surface area contributed by atoms with Gasteiger partial charge in [-0.3, -0.25) is 34.1 Å². The first-order valence-corrected chi connectivity index (χ1v) is 28.3. The van der Waals surface area contributed by atoms with Gasteiger partial charge in [-0.2, -0.15) is 0 Å². The van der Waals surface area contributed by atoms with E-state index in [1.807, 2.05) is 71.9 Å². The molecule has 0 aliphatic carbocycles. The number of piperidine rings is 1. The third-order valence-corrected chi connectivity index (χ3v) is 15.1. The Morgan fingerprint density at radius 3 is 2.01 bits per heavy atom. The number of ketones is 1. The van der Waals surface area contributed by atoms with Crippen LogP contribution in [0.2, 0.25) is 0 Å². The van der Waals surface area contributed by atoms with Crippen LogP contribution >= 0.6 is 0 Å². The summed E-state index contributed by atoms with van der Waals surface area (Å²) in [5.74, 6) is -3.38. The number of nitrogens with zero attached hydrogens (tertiary/aromatic N) is 5. The van der Waals surface area contributed by atoms with Gasteiger partial charge < -0.3 is 55.4 Å². The van der Waals surface area contributed by atoms with Gasteiger partial charge in [-0.25, -0.2) is 0 Å². The third-order valence-electron chi connectivity index (χ3n) is 15.1. The lowest BCUT2D eigenvalue weighted by molar-refractivity contribution is -0.159. The van der Waals surface area contributed by atoms with E-state index >= 15 is 0 Å². The molecule has 6 atom stereocenters. The molecule has 6 rings (SSSR count). The van der Waals surface area contributed by atoms with Crippen molar-refractivity contribution in [2.75, 3.05) is 77.7 Å². The molecule has 81 heavy (non-hydrogen) atoms. The highest BCUT2D eigenvalue weighted by Gasteiger charge is 2.39. The smallest absolute Gasteiger partial charge is 0.315 e. The van der Waals surface area contributed by atoms with E-state index in [9.17, 15) is 39.6 Å². The fourth-order valence-electron chi connectivity index (χ4n) is 10.8. The number of carbonyl (C=O) groups is 4. The SMILES string of the molecule is C#C.CC.CO.COc1c(C)c(O)c2c(O)c(NC(=O)/C(C)=C\C=C\[C@H](C)C[C@@H](C)[C@@H](O)[C@@H](C)[C@H](OC(=O)CC(=O)Nc3ccc(CN4CCN(C)CC4)cc3)[C@H](C)C/C=C/O)c3c(c2c1C(C)=O)=NC1(CCN(CC(C)C)CC1)N=3. The first-order valence-electron chi connectivity index (χ1n) is 28.3. The number of phenols is 2. The van der Waals surface area contributed by atoms with Gasteiger partial charge in [-0.15, -0.1) is 12.8 Å². The molecule has 1 spiro atoms. The number of allylic oxidation sites excluding steroid dienone is 4. The molecule has 3 aliphatic heterocycles. The number of carbonyl (C=O) groups excluding carboxylic acids is 4. The van der Waals surface area contributed by atoms with E-state index in [0.29, 0.717) is 48.2 Å². The largest absolute Gasteiger partial charge is 0.516 e. The number of likely N-dealkylation sites (tertiary alicyclic amines) is 1. The Morgan fingerprint density at radius 1 is 0.840 bits per heavy atom. The van der Waals surface area contributed by atoms with Crippen LogP contribution in [-0.2, 0) is 25.7 Å². The molecule has 0 radical (unpaired) electrons. The zero-order chi connectivity index (χ0) is 60.9. The molecule has 18 nitrogen and oxygen atoms in total. The van der Waals surface area contributed by atoms with Crippen LogP contribution in [0.1, 0.15) is 123 Å². The first-order chi connectivity index (χ1) is 38.6. The number of benzene rings is 3. The molecule has 3 aromatic rings. The summed E-state index contributed by atoms with van der Waals surface area (Å²) in [5.41, 5.74) is 1.51. The lowest BCUT2D eigenvalue weighted by Gasteiger charge is -2.36. The predicted molar refractivity (Wildman–Crippen MR) is 321 cm³/mol. The third kappa shape index (κ3) is 18.2. The van der Waals surface area contributed by atoms with Gasteiger partial charge in [-0.1, -0.05) is 85.8 Å². The monoisotopic (exact) mass is 1120 g/mol. The minimum atomic E-state index is -0.906. The number of Topliss-reactive ketones (excluding diaryl/α,β-unsaturated/α-hetero) is 1. The Balaban J connectivity index is 0.00000277. The number of nitrogens with one attached hydrogen (secondary N) is 2. The summed E-state index contributed by atoms with van der Waals surface area (Å²) in [6.45, 7) is 27.8. The molecule has 2 fully saturated rings. The number of anilines is 2. The molecule has 3 aliphatic rings. The van der Waals surface area contributed by atoms with Gasteiger partial charge in [0, 0.05) is 100 Å². The average Bonchev–Trinajstić information content (AvgIpc) is 3.84. The van der Waals surface area contributed by atoms with Crippen LogP contribution in [0, 0.1) is 49.4 Å². The molecule has 0 saturated carbocycles. The second kappa shape index (κ2) is 32.7. The maximum Gasteiger partial charge on any atom is 0.315 e. The summed E-state index contributed by atoms with van der Waals surface area (Å²) in [6, 6.07) is 7.60. The lowest BCUT2D eigenvalue weighted by atomic mass is 9.80. The van der Waals surface area contributed by atoms with Crippen molar-refractivity contribution in [3.8, 4) is 30.1 Å². The second-order valence-corrected chi connectivity index (χ2v) is 21.8. The summed E-state index contributed by atoms with van der Waals surface area (Å²) in [5, 5.41) is 58.1. The Kier molecular flexibility index (Phi) is 27.7. The number of esters is 1. The molecule has 18 heteroatoms. The summed E-state index contributed by atoms with van der Waals surface area (Å²) in [7, 11) is 4.54. The number of piperazine rings is 1. The minimum absolute atomic E-state index is 0.0177. The van der Waals surface area contributed by atoms with Crippen molar-refractivity contribution in [2.45, 2.75) is 133 Å². The molecule has 7 N–H and O–H groups in total. The molecule has 2 saturated heterocycles. The summed E-state index contributed by atoms with van der Waals surface area (Å²) in [4.78, 5) is 71.0. The zero-order valence-corrected chi connectivity index (χ0v) is 50.5. The van der Waals surface area contributed by atoms with Crippen molar-refractivity contribution in [1.29, 1.82) is 0 Å². The highest BCUT2D eigenvalue weighted by molar-refractivity contribution is 6.15. The van der Waals surface area contributed by atoms with E-state index in [2.05, 4.69) is 59.1 Å². The van der Waals surface area contributed by atoms with Gasteiger partial charge in [-0.05, 0) is 88.1 Å². The van der Waals surface area contributed by atoms with Crippen molar-refractivity contribution < 1.29 is 54.2 Å². The molecule has 0 aromatic heterocycles. The van der Waals surface area contributed by atoms with Crippen molar-refractivity contribution >= 4 is 45.7 Å². The normalized spacial score (nSPS) is 17.6. The number of rotatable bonds is 22. The van der Waals surface area contributed by atoms with E-state index < -0.39 is 53.7 Å². The number of terminal acetylenes is 1. The van der Waals surface area contributed by atoms with Crippen molar-refractivity contribution in [1.82, 2.24) is 14.7 Å². The molecule has 3 heterocycles. The molecule has 2 amide bonds. The van der Waals surface area contributed by atoms with Gasteiger partial charge in [0.15, 0.2) is 17.2 Å². The van der Waals surface area contributed by atoms with Crippen molar-refractivity contribution in [3.05, 3.63) is 87.8 Å². The number of fused-ring (bicyclic) bond motifs is 3.